The number of hydrogen-bond donors (Lipinski definition) is 1. The van der Waals surface area contributed by atoms with Gasteiger partial charge in [0.15, 0.2) is 0 Å². The molecule has 1 aliphatic heterocycles. The van der Waals surface area contributed by atoms with E-state index in [0.717, 1.165) is 20.3 Å². The maximum absolute atomic E-state index is 12.8. The second-order valence-corrected chi connectivity index (χ2v) is 10.8. The van der Waals surface area contributed by atoms with Crippen molar-refractivity contribution >= 4 is 27.3 Å². The van der Waals surface area contributed by atoms with Crippen LogP contribution in [0.1, 0.15) is 44.6 Å². The van der Waals surface area contributed by atoms with Crippen molar-refractivity contribution in [2.45, 2.75) is 63.8 Å². The van der Waals surface area contributed by atoms with Gasteiger partial charge in [-0.2, -0.15) is 4.31 Å². The highest BCUT2D eigenvalue weighted by molar-refractivity contribution is 7.89. The topological polar surface area (TPSA) is 83.9 Å². The van der Waals surface area contributed by atoms with Crippen molar-refractivity contribution in [3.05, 3.63) is 40.8 Å². The Kier molecular flexibility index (Phi) is 5.69. The summed E-state index contributed by atoms with van der Waals surface area (Å²) in [5.41, 5.74) is 1.78. The van der Waals surface area contributed by atoms with Crippen molar-refractivity contribution in [3.8, 4) is 10.4 Å². The summed E-state index contributed by atoms with van der Waals surface area (Å²) in [5.74, 6) is -1.12. The number of nitrogens with zero attached hydrogens (tertiary/aromatic N) is 1. The zero-order valence-electron chi connectivity index (χ0n) is 16.4. The number of carbonyl (C=O) groups is 1. The fourth-order valence-corrected chi connectivity index (χ4v) is 6.48. The van der Waals surface area contributed by atoms with Crippen molar-refractivity contribution in [2.75, 3.05) is 0 Å². The van der Waals surface area contributed by atoms with Crippen LogP contribution >= 0.6 is 11.3 Å². The van der Waals surface area contributed by atoms with Gasteiger partial charge in [-0.15, -0.1) is 11.3 Å². The fraction of sp³-hybridized carbons (Fsp3) is 0.450. The normalized spacial score (nSPS) is 17.4. The number of ether oxygens (including phenoxy) is 1. The summed E-state index contributed by atoms with van der Waals surface area (Å²) in [6.45, 7) is 8.33. The number of aliphatic carboxylic acids is 1. The number of hydrogen-bond acceptors (Lipinski definition) is 5. The molecule has 0 saturated heterocycles. The number of benzene rings is 1. The lowest BCUT2D eigenvalue weighted by Gasteiger charge is -2.21. The molecule has 0 bridgehead atoms. The third-order valence-corrected chi connectivity index (χ3v) is 7.81. The van der Waals surface area contributed by atoms with Gasteiger partial charge in [-0.25, -0.2) is 8.42 Å². The van der Waals surface area contributed by atoms with Crippen LogP contribution in [0.2, 0.25) is 0 Å². The minimum atomic E-state index is -3.78. The molecule has 152 valence electrons. The van der Waals surface area contributed by atoms with E-state index in [1.807, 2.05) is 45.0 Å². The van der Waals surface area contributed by atoms with E-state index in [1.165, 1.54) is 11.3 Å². The molecule has 0 amide bonds. The molecule has 1 aromatic carbocycles. The summed E-state index contributed by atoms with van der Waals surface area (Å²) in [6.07, 6.45) is 0.231. The zero-order valence-corrected chi connectivity index (χ0v) is 18.1. The Balaban J connectivity index is 1.81. The van der Waals surface area contributed by atoms with Crippen molar-refractivity contribution < 1.29 is 23.1 Å². The molecule has 0 spiro atoms. The molecule has 6 nitrogen and oxygen atoms in total. The molecule has 28 heavy (non-hydrogen) atoms. The minimum absolute atomic E-state index is 0.116. The van der Waals surface area contributed by atoms with Gasteiger partial charge in [0.2, 0.25) is 10.0 Å². The SMILES string of the molecule is CCC(C(=O)O)N1Cc2sc(-c3ccc(COC(C)(C)C)cc3)cc2S1(=O)=O. The number of sulfonamides is 1. The minimum Gasteiger partial charge on any atom is -0.480 e. The number of fused-ring (bicyclic) bond motifs is 1. The van der Waals surface area contributed by atoms with Crippen LogP contribution in [-0.4, -0.2) is 35.4 Å². The molecule has 2 heterocycles. The molecular formula is C20H25NO5S2. The first-order valence-electron chi connectivity index (χ1n) is 9.13. The average Bonchev–Trinajstić information content (AvgIpc) is 3.13. The first-order chi connectivity index (χ1) is 13.0. The molecule has 1 aliphatic rings. The van der Waals surface area contributed by atoms with Gasteiger partial charge in [0.05, 0.1) is 23.6 Å². The summed E-state index contributed by atoms with van der Waals surface area (Å²) in [5, 5.41) is 9.32. The van der Waals surface area contributed by atoms with Gasteiger partial charge in [-0.3, -0.25) is 4.79 Å². The van der Waals surface area contributed by atoms with Gasteiger partial charge in [0, 0.05) is 9.75 Å². The Labute approximate surface area is 169 Å². The van der Waals surface area contributed by atoms with Crippen molar-refractivity contribution in [3.63, 3.8) is 0 Å². The van der Waals surface area contributed by atoms with E-state index in [-0.39, 0.29) is 23.5 Å². The maximum Gasteiger partial charge on any atom is 0.322 e. The lowest BCUT2D eigenvalue weighted by Crippen LogP contribution is -2.40. The molecule has 0 aliphatic carbocycles. The predicted octanol–water partition coefficient (Wildman–Crippen LogP) is 4.10. The van der Waals surface area contributed by atoms with Gasteiger partial charge < -0.3 is 9.84 Å². The van der Waals surface area contributed by atoms with Crippen LogP contribution in [-0.2, 0) is 32.7 Å². The van der Waals surface area contributed by atoms with Gasteiger partial charge in [-0.05, 0) is 44.4 Å². The Bertz CT molecular complexity index is 971. The second kappa shape index (κ2) is 7.59. The zero-order chi connectivity index (χ0) is 20.7. The Morgan fingerprint density at radius 3 is 2.43 bits per heavy atom. The number of carboxylic acids is 1. The van der Waals surface area contributed by atoms with Crippen molar-refractivity contribution in [2.24, 2.45) is 0 Å². The highest BCUT2D eigenvalue weighted by Crippen LogP contribution is 2.42. The molecule has 2 aromatic rings. The first-order valence-corrected chi connectivity index (χ1v) is 11.4. The van der Waals surface area contributed by atoms with E-state index in [2.05, 4.69) is 0 Å². The van der Waals surface area contributed by atoms with Crippen molar-refractivity contribution in [1.82, 2.24) is 4.31 Å². The number of rotatable bonds is 6. The Morgan fingerprint density at radius 2 is 1.93 bits per heavy atom. The highest BCUT2D eigenvalue weighted by Gasteiger charge is 2.42. The van der Waals surface area contributed by atoms with Crippen LogP contribution in [0.25, 0.3) is 10.4 Å². The van der Waals surface area contributed by atoms with Gasteiger partial charge in [-0.1, -0.05) is 31.2 Å². The molecule has 1 unspecified atom stereocenters. The summed E-state index contributed by atoms with van der Waals surface area (Å²) < 4.78 is 32.5. The van der Waals surface area contributed by atoms with Crippen LogP contribution in [0.15, 0.2) is 35.2 Å². The molecule has 0 fully saturated rings. The third kappa shape index (κ3) is 4.15. The fourth-order valence-electron chi connectivity index (χ4n) is 3.08. The quantitative estimate of drug-likeness (QED) is 0.756. The number of carboxylic acid groups (broad SMARTS) is 1. The summed E-state index contributed by atoms with van der Waals surface area (Å²) >= 11 is 1.40. The molecule has 1 aromatic heterocycles. The van der Waals surface area contributed by atoms with Gasteiger partial charge in [0.25, 0.3) is 0 Å². The molecular weight excluding hydrogens is 398 g/mol. The monoisotopic (exact) mass is 423 g/mol. The third-order valence-electron chi connectivity index (χ3n) is 4.59. The molecule has 1 atom stereocenters. The summed E-state index contributed by atoms with van der Waals surface area (Å²) in [7, 11) is -3.78. The Hall–Kier alpha value is -1.74. The lowest BCUT2D eigenvalue weighted by molar-refractivity contribution is -0.141. The van der Waals surface area contributed by atoms with E-state index < -0.39 is 22.0 Å². The number of thiophene rings is 1. The van der Waals surface area contributed by atoms with Gasteiger partial charge in [0.1, 0.15) is 6.04 Å². The van der Waals surface area contributed by atoms with Gasteiger partial charge >= 0.3 is 5.97 Å². The molecule has 1 N–H and O–H groups in total. The van der Waals surface area contributed by atoms with Crippen LogP contribution in [0.5, 0.6) is 0 Å². The van der Waals surface area contributed by atoms with E-state index in [1.54, 1.807) is 13.0 Å². The summed E-state index contributed by atoms with van der Waals surface area (Å²) in [6, 6.07) is 8.49. The van der Waals surface area contributed by atoms with E-state index in [0.29, 0.717) is 11.5 Å². The smallest absolute Gasteiger partial charge is 0.322 e. The maximum atomic E-state index is 12.8. The van der Waals surface area contributed by atoms with Crippen LogP contribution in [0.3, 0.4) is 0 Å². The molecule has 8 heteroatoms. The standard InChI is InChI=1S/C20H25NO5S2/c1-5-15(19(22)23)21-11-17-18(28(21,24)25)10-16(27-17)14-8-6-13(7-9-14)12-26-20(2,3)4/h6-10,15H,5,11-12H2,1-4H3,(H,22,23). The van der Waals surface area contributed by atoms with E-state index >= 15 is 0 Å². The predicted molar refractivity (Wildman–Crippen MR) is 109 cm³/mol. The average molecular weight is 424 g/mol. The summed E-state index contributed by atoms with van der Waals surface area (Å²) in [4.78, 5) is 13.2. The Morgan fingerprint density at radius 1 is 1.29 bits per heavy atom. The second-order valence-electron chi connectivity index (χ2n) is 7.81. The van der Waals surface area contributed by atoms with E-state index in [9.17, 15) is 18.3 Å². The van der Waals surface area contributed by atoms with E-state index in [4.69, 9.17) is 4.74 Å². The molecule has 0 radical (unpaired) electrons. The van der Waals surface area contributed by atoms with Crippen LogP contribution in [0.4, 0.5) is 0 Å². The molecule has 0 saturated carbocycles. The molecule has 3 rings (SSSR count). The highest BCUT2D eigenvalue weighted by atomic mass is 32.2. The van der Waals surface area contributed by atoms with Crippen LogP contribution in [0, 0.1) is 0 Å². The van der Waals surface area contributed by atoms with Crippen LogP contribution < -0.4 is 0 Å². The lowest BCUT2D eigenvalue weighted by atomic mass is 10.1. The largest absolute Gasteiger partial charge is 0.480 e. The first kappa shape index (κ1) is 21.0. The van der Waals surface area contributed by atoms with Crippen molar-refractivity contribution in [1.29, 1.82) is 0 Å².